The summed E-state index contributed by atoms with van der Waals surface area (Å²) in [5, 5.41) is 7.56. The number of hydrogen-bond acceptors (Lipinski definition) is 1. The molecule has 0 aliphatic rings. The molecule has 0 unspecified atom stereocenters. The zero-order valence-electron chi connectivity index (χ0n) is 35.2. The van der Waals surface area contributed by atoms with Crippen LogP contribution in [0, 0.1) is 13.8 Å². The molecule has 298 valence electrons. The van der Waals surface area contributed by atoms with E-state index in [4.69, 9.17) is 0 Å². The number of rotatable bonds is 7. The molecule has 0 saturated carbocycles. The third kappa shape index (κ3) is 6.04. The lowest BCUT2D eigenvalue weighted by Gasteiger charge is -2.29. The van der Waals surface area contributed by atoms with Gasteiger partial charge in [0.05, 0.1) is 27.8 Å². The van der Waals surface area contributed by atoms with Crippen LogP contribution in [-0.2, 0) is 0 Å². The van der Waals surface area contributed by atoms with E-state index in [0.717, 1.165) is 22.7 Å². The summed E-state index contributed by atoms with van der Waals surface area (Å²) in [4.78, 5) is 2.44. The lowest BCUT2D eigenvalue weighted by Crippen LogP contribution is -2.13. The van der Waals surface area contributed by atoms with Gasteiger partial charge >= 0.3 is 0 Å². The Balaban J connectivity index is 0.980. The van der Waals surface area contributed by atoms with E-state index in [2.05, 4.69) is 252 Å². The predicted molar refractivity (Wildman–Crippen MR) is 268 cm³/mol. The molecular formula is C60H43N3. The first-order valence-corrected chi connectivity index (χ1v) is 21.8. The van der Waals surface area contributed by atoms with Crippen molar-refractivity contribution in [1.29, 1.82) is 0 Å². The molecule has 0 radical (unpaired) electrons. The molecule has 10 aromatic carbocycles. The van der Waals surface area contributed by atoms with Crippen LogP contribution < -0.4 is 4.90 Å². The second kappa shape index (κ2) is 14.8. The summed E-state index contributed by atoms with van der Waals surface area (Å²) in [6.45, 7) is 4.51. The van der Waals surface area contributed by atoms with Crippen molar-refractivity contribution in [3.05, 3.63) is 236 Å². The summed E-state index contributed by atoms with van der Waals surface area (Å²) in [6, 6.07) is 82.0. The number of fused-ring (bicyclic) bond motifs is 7. The molecule has 0 aliphatic carbocycles. The Morgan fingerprint density at radius 3 is 1.32 bits per heavy atom. The van der Waals surface area contributed by atoms with Crippen molar-refractivity contribution in [2.45, 2.75) is 13.8 Å². The number of aryl methyl sites for hydroxylation is 2. The molecule has 0 N–H and O–H groups in total. The van der Waals surface area contributed by atoms with Crippen LogP contribution in [0.3, 0.4) is 0 Å². The van der Waals surface area contributed by atoms with Crippen molar-refractivity contribution in [2.75, 3.05) is 4.90 Å². The van der Waals surface area contributed by atoms with Gasteiger partial charge in [0.2, 0.25) is 0 Å². The summed E-state index contributed by atoms with van der Waals surface area (Å²) in [5.41, 5.74) is 17.7. The molecule has 0 atom stereocenters. The number of nitrogens with zero attached hydrogens (tertiary/aromatic N) is 3. The number of benzene rings is 10. The Kier molecular flexibility index (Phi) is 8.62. The monoisotopic (exact) mass is 805 g/mol. The van der Waals surface area contributed by atoms with Crippen molar-refractivity contribution in [3.8, 4) is 33.6 Å². The Labute approximate surface area is 367 Å². The zero-order chi connectivity index (χ0) is 42.0. The van der Waals surface area contributed by atoms with Crippen LogP contribution in [0.25, 0.3) is 88.0 Å². The average Bonchev–Trinajstić information content (AvgIpc) is 3.86. The van der Waals surface area contributed by atoms with Crippen LogP contribution in [0.1, 0.15) is 11.1 Å². The van der Waals surface area contributed by atoms with E-state index in [0.29, 0.717) is 0 Å². The van der Waals surface area contributed by atoms with Gasteiger partial charge in [-0.1, -0.05) is 140 Å². The van der Waals surface area contributed by atoms with Gasteiger partial charge < -0.3 is 14.0 Å². The molecule has 0 saturated heterocycles. The second-order valence-electron chi connectivity index (χ2n) is 16.7. The maximum Gasteiger partial charge on any atom is 0.0541 e. The third-order valence-electron chi connectivity index (χ3n) is 12.9. The standard InChI is InChI=1S/C60H43N3/c1-40-37-45(44-17-13-18-49(39-44)63-58-27-11-7-22-54(58)55-23-8-12-28-59(55)63)38-41(2)60(40)61(46-31-29-43(30-32-46)51-24-14-16-42-15-3-4-19-50(42)51)47-33-35-48(36-34-47)62-56-25-9-5-20-52(56)53-21-6-10-26-57(53)62/h3-39H,1-2H3. The van der Waals surface area contributed by atoms with E-state index in [1.54, 1.807) is 0 Å². The third-order valence-corrected chi connectivity index (χ3v) is 12.9. The highest BCUT2D eigenvalue weighted by Crippen LogP contribution is 2.43. The van der Waals surface area contributed by atoms with E-state index in [-0.39, 0.29) is 0 Å². The van der Waals surface area contributed by atoms with Gasteiger partial charge in [0, 0.05) is 44.3 Å². The first-order valence-electron chi connectivity index (χ1n) is 21.8. The SMILES string of the molecule is Cc1cc(-c2cccc(-n3c4ccccc4c4ccccc43)c2)cc(C)c1N(c1ccc(-c2cccc3ccccc23)cc1)c1ccc(-n2c3ccccc3c3ccccc32)cc1. The largest absolute Gasteiger partial charge is 0.310 e. The highest BCUT2D eigenvalue weighted by atomic mass is 15.1. The molecule has 0 fully saturated rings. The minimum atomic E-state index is 1.10. The van der Waals surface area contributed by atoms with Gasteiger partial charge in [-0.05, 0) is 143 Å². The molecule has 12 aromatic rings. The van der Waals surface area contributed by atoms with E-state index in [1.165, 1.54) is 93.5 Å². The van der Waals surface area contributed by atoms with Crippen molar-refractivity contribution < 1.29 is 0 Å². The molecule has 3 nitrogen and oxygen atoms in total. The van der Waals surface area contributed by atoms with E-state index < -0.39 is 0 Å². The van der Waals surface area contributed by atoms with Crippen LogP contribution in [0.2, 0.25) is 0 Å². The van der Waals surface area contributed by atoms with E-state index >= 15 is 0 Å². The highest BCUT2D eigenvalue weighted by Gasteiger charge is 2.20. The molecule has 0 spiro atoms. The molecular weight excluding hydrogens is 763 g/mol. The molecule has 3 heteroatoms. The molecule has 63 heavy (non-hydrogen) atoms. The molecule has 12 rings (SSSR count). The zero-order valence-corrected chi connectivity index (χ0v) is 35.2. The summed E-state index contributed by atoms with van der Waals surface area (Å²) in [7, 11) is 0. The first kappa shape index (κ1) is 36.7. The van der Waals surface area contributed by atoms with Crippen molar-refractivity contribution >= 4 is 71.4 Å². The number of para-hydroxylation sites is 4. The Bertz CT molecular complexity index is 3560. The molecule has 0 bridgehead atoms. The minimum Gasteiger partial charge on any atom is -0.310 e. The quantitative estimate of drug-likeness (QED) is 0.156. The van der Waals surface area contributed by atoms with Gasteiger partial charge in [0.1, 0.15) is 0 Å². The van der Waals surface area contributed by atoms with Crippen LogP contribution in [0.4, 0.5) is 17.1 Å². The summed E-state index contributed by atoms with van der Waals surface area (Å²) in [5.74, 6) is 0. The fourth-order valence-electron chi connectivity index (χ4n) is 10.1. The van der Waals surface area contributed by atoms with Crippen molar-refractivity contribution in [1.82, 2.24) is 9.13 Å². The predicted octanol–water partition coefficient (Wildman–Crippen LogP) is 16.5. The van der Waals surface area contributed by atoms with Gasteiger partial charge in [-0.25, -0.2) is 0 Å². The normalized spacial score (nSPS) is 11.7. The smallest absolute Gasteiger partial charge is 0.0541 e. The van der Waals surface area contributed by atoms with Crippen molar-refractivity contribution in [2.24, 2.45) is 0 Å². The Morgan fingerprint density at radius 2 is 0.762 bits per heavy atom. The summed E-state index contributed by atoms with van der Waals surface area (Å²) in [6.07, 6.45) is 0. The van der Waals surface area contributed by atoms with E-state index in [1.807, 2.05) is 0 Å². The number of anilines is 3. The maximum absolute atomic E-state index is 2.44. The number of aromatic nitrogens is 2. The van der Waals surface area contributed by atoms with Gasteiger partial charge in [-0.3, -0.25) is 0 Å². The van der Waals surface area contributed by atoms with Crippen molar-refractivity contribution in [3.63, 3.8) is 0 Å². The summed E-state index contributed by atoms with van der Waals surface area (Å²) >= 11 is 0. The number of hydrogen-bond donors (Lipinski definition) is 0. The fraction of sp³-hybridized carbons (Fsp3) is 0.0333. The molecule has 0 amide bonds. The molecule has 2 heterocycles. The Morgan fingerprint density at radius 1 is 0.317 bits per heavy atom. The van der Waals surface area contributed by atoms with Crippen LogP contribution in [-0.4, -0.2) is 9.13 Å². The average molecular weight is 806 g/mol. The van der Waals surface area contributed by atoms with Crippen LogP contribution >= 0.6 is 0 Å². The summed E-state index contributed by atoms with van der Waals surface area (Å²) < 4.78 is 4.78. The Hall–Kier alpha value is -8.14. The topological polar surface area (TPSA) is 13.1 Å². The van der Waals surface area contributed by atoms with E-state index in [9.17, 15) is 0 Å². The van der Waals surface area contributed by atoms with Crippen LogP contribution in [0.15, 0.2) is 224 Å². The van der Waals surface area contributed by atoms with Gasteiger partial charge in [-0.2, -0.15) is 0 Å². The van der Waals surface area contributed by atoms with Gasteiger partial charge in [0.25, 0.3) is 0 Å². The van der Waals surface area contributed by atoms with Gasteiger partial charge in [-0.15, -0.1) is 0 Å². The lowest BCUT2D eigenvalue weighted by molar-refractivity contribution is 1.17. The fourth-order valence-corrected chi connectivity index (χ4v) is 10.1. The molecule has 0 aliphatic heterocycles. The highest BCUT2D eigenvalue weighted by molar-refractivity contribution is 6.10. The lowest BCUT2D eigenvalue weighted by atomic mass is 9.96. The molecule has 2 aromatic heterocycles. The first-order chi connectivity index (χ1) is 31.1. The maximum atomic E-state index is 2.44. The van der Waals surface area contributed by atoms with Crippen LogP contribution in [0.5, 0.6) is 0 Å². The van der Waals surface area contributed by atoms with Gasteiger partial charge in [0.15, 0.2) is 0 Å². The second-order valence-corrected chi connectivity index (χ2v) is 16.7. The minimum absolute atomic E-state index is 1.10.